The van der Waals surface area contributed by atoms with Crippen molar-refractivity contribution in [3.8, 4) is 0 Å². The molecular weight excluding hydrogens is 617 g/mol. The quantitative estimate of drug-likeness (QED) is 0.0713. The Bertz CT molecular complexity index is 1880. The minimum atomic E-state index is 1.19. The van der Waals surface area contributed by atoms with Gasteiger partial charge in [-0.15, -0.1) is 22.7 Å². The molecule has 0 saturated carbocycles. The van der Waals surface area contributed by atoms with Gasteiger partial charge in [0, 0.05) is 20.2 Å². The van der Waals surface area contributed by atoms with Gasteiger partial charge in [0.15, 0.2) is 0 Å². The van der Waals surface area contributed by atoms with E-state index in [0.717, 1.165) is 0 Å². The standard InChI is InChI=1S/C46H48S2/c1-3-5-7-9-15-35-21-25-37(26-22-35)17-11-13-19-39-29-31-41-43(33-39)47-46-42-32-30-40(34-44(42)48-45(41)46)20-14-12-18-38-27-23-36(24-28-38)16-10-8-6-4-2/h11-14,17-34H,3-10,15-16H2,1-2H3. The monoisotopic (exact) mass is 664 g/mol. The summed E-state index contributed by atoms with van der Waals surface area (Å²) in [5.41, 5.74) is 7.88. The largest absolute Gasteiger partial charge is 0.134 e. The Balaban J connectivity index is 1.06. The van der Waals surface area contributed by atoms with Crippen LogP contribution >= 0.6 is 22.7 Å². The highest BCUT2D eigenvalue weighted by Gasteiger charge is 2.12. The zero-order valence-electron chi connectivity index (χ0n) is 28.6. The molecule has 0 unspecified atom stereocenters. The van der Waals surface area contributed by atoms with E-state index in [1.54, 1.807) is 0 Å². The van der Waals surface area contributed by atoms with Crippen molar-refractivity contribution in [3.05, 3.63) is 143 Å². The summed E-state index contributed by atoms with van der Waals surface area (Å²) in [6.45, 7) is 4.53. The van der Waals surface area contributed by atoms with Crippen LogP contribution in [0.15, 0.2) is 109 Å². The zero-order chi connectivity index (χ0) is 33.0. The first-order valence-electron chi connectivity index (χ1n) is 18.0. The average Bonchev–Trinajstić information content (AvgIpc) is 3.65. The number of hydrogen-bond donors (Lipinski definition) is 0. The van der Waals surface area contributed by atoms with E-state index in [2.05, 4.69) is 147 Å². The molecule has 0 nitrogen and oxygen atoms in total. The normalized spacial score (nSPS) is 12.5. The Morgan fingerprint density at radius 3 is 1.19 bits per heavy atom. The van der Waals surface area contributed by atoms with Crippen LogP contribution in [0, 0.1) is 0 Å². The molecular formula is C46H48S2. The van der Waals surface area contributed by atoms with Crippen LogP contribution in [0.2, 0.25) is 0 Å². The predicted molar refractivity (Wildman–Crippen MR) is 219 cm³/mol. The molecule has 4 aromatic carbocycles. The van der Waals surface area contributed by atoms with Crippen LogP contribution in [-0.4, -0.2) is 0 Å². The average molecular weight is 665 g/mol. The lowest BCUT2D eigenvalue weighted by molar-refractivity contribution is 0.667. The first kappa shape index (κ1) is 33.9. The van der Waals surface area contributed by atoms with E-state index in [1.807, 2.05) is 22.7 Å². The molecule has 0 aliphatic carbocycles. The van der Waals surface area contributed by atoms with E-state index < -0.39 is 0 Å². The Morgan fingerprint density at radius 1 is 0.417 bits per heavy atom. The molecule has 48 heavy (non-hydrogen) atoms. The lowest BCUT2D eigenvalue weighted by Crippen LogP contribution is -1.85. The number of fused-ring (bicyclic) bond motifs is 5. The summed E-state index contributed by atoms with van der Waals surface area (Å²) in [4.78, 5) is 0. The van der Waals surface area contributed by atoms with Crippen LogP contribution < -0.4 is 0 Å². The summed E-state index contributed by atoms with van der Waals surface area (Å²) >= 11 is 3.84. The second kappa shape index (κ2) is 17.4. The number of benzene rings is 4. The smallest absolute Gasteiger partial charge is 0.0542 e. The van der Waals surface area contributed by atoms with E-state index in [4.69, 9.17) is 0 Å². The van der Waals surface area contributed by atoms with Gasteiger partial charge in [-0.1, -0.05) is 174 Å². The maximum Gasteiger partial charge on any atom is 0.0542 e. The van der Waals surface area contributed by atoms with Gasteiger partial charge in [0.05, 0.1) is 9.40 Å². The molecule has 0 fully saturated rings. The van der Waals surface area contributed by atoms with E-state index in [9.17, 15) is 0 Å². The van der Waals surface area contributed by atoms with Gasteiger partial charge in [-0.05, 0) is 71.2 Å². The molecule has 0 bridgehead atoms. The van der Waals surface area contributed by atoms with Crippen LogP contribution in [0.4, 0.5) is 0 Å². The molecule has 0 N–H and O–H groups in total. The third kappa shape index (κ3) is 9.13. The summed E-state index contributed by atoms with van der Waals surface area (Å²) in [6, 6.07) is 31.8. The third-order valence-corrected chi connectivity index (χ3v) is 11.6. The highest BCUT2D eigenvalue weighted by Crippen LogP contribution is 2.44. The summed E-state index contributed by atoms with van der Waals surface area (Å²) in [5, 5.41) is 2.73. The summed E-state index contributed by atoms with van der Waals surface area (Å²) in [7, 11) is 0. The SMILES string of the molecule is CCCCCCc1ccc(C=CC=Cc2ccc3c(c2)sc2c4ccc(C=CC=Cc5ccc(CCCCCC)cc5)cc4sc32)cc1. The third-order valence-electron chi connectivity index (χ3n) is 9.11. The molecule has 0 aliphatic rings. The molecule has 0 amide bonds. The Kier molecular flexibility index (Phi) is 12.3. The predicted octanol–water partition coefficient (Wildman–Crippen LogP) is 15.0. The molecule has 244 valence electrons. The number of rotatable bonds is 16. The van der Waals surface area contributed by atoms with Crippen molar-refractivity contribution in [1.29, 1.82) is 0 Å². The first-order valence-corrected chi connectivity index (χ1v) is 19.6. The molecule has 2 heteroatoms. The van der Waals surface area contributed by atoms with Gasteiger partial charge in [0.25, 0.3) is 0 Å². The summed E-state index contributed by atoms with van der Waals surface area (Å²) in [6.07, 6.45) is 30.3. The van der Waals surface area contributed by atoms with Crippen LogP contribution in [0.25, 0.3) is 53.9 Å². The topological polar surface area (TPSA) is 0 Å². The number of unbranched alkanes of at least 4 members (excludes halogenated alkanes) is 6. The van der Waals surface area contributed by atoms with Gasteiger partial charge >= 0.3 is 0 Å². The van der Waals surface area contributed by atoms with Crippen molar-refractivity contribution >= 4 is 76.5 Å². The highest BCUT2D eigenvalue weighted by atomic mass is 32.1. The van der Waals surface area contributed by atoms with Crippen molar-refractivity contribution in [2.24, 2.45) is 0 Å². The molecule has 0 aliphatic heterocycles. The van der Waals surface area contributed by atoms with Gasteiger partial charge in [0.2, 0.25) is 0 Å². The van der Waals surface area contributed by atoms with Crippen molar-refractivity contribution in [1.82, 2.24) is 0 Å². The number of aryl methyl sites for hydroxylation is 2. The van der Waals surface area contributed by atoms with Crippen molar-refractivity contribution < 1.29 is 0 Å². The Morgan fingerprint density at radius 2 is 0.792 bits per heavy atom. The number of allylic oxidation sites excluding steroid dienone is 4. The number of hydrogen-bond acceptors (Lipinski definition) is 2. The van der Waals surface area contributed by atoms with Crippen LogP contribution in [0.5, 0.6) is 0 Å². The lowest BCUT2D eigenvalue weighted by atomic mass is 10.0. The fourth-order valence-electron chi connectivity index (χ4n) is 6.27. The zero-order valence-corrected chi connectivity index (χ0v) is 30.2. The van der Waals surface area contributed by atoms with E-state index in [0.29, 0.717) is 0 Å². The van der Waals surface area contributed by atoms with Crippen molar-refractivity contribution in [2.75, 3.05) is 0 Å². The molecule has 0 saturated heterocycles. The van der Waals surface area contributed by atoms with Crippen molar-refractivity contribution in [2.45, 2.75) is 78.1 Å². The molecule has 0 atom stereocenters. The lowest BCUT2D eigenvalue weighted by Gasteiger charge is -2.01. The van der Waals surface area contributed by atoms with Crippen LogP contribution in [0.1, 0.15) is 98.6 Å². The van der Waals surface area contributed by atoms with Crippen molar-refractivity contribution in [3.63, 3.8) is 0 Å². The molecule has 6 rings (SSSR count). The summed E-state index contributed by atoms with van der Waals surface area (Å²) < 4.78 is 5.53. The summed E-state index contributed by atoms with van der Waals surface area (Å²) in [5.74, 6) is 0. The van der Waals surface area contributed by atoms with E-state index in [1.165, 1.54) is 127 Å². The molecule has 6 aromatic rings. The van der Waals surface area contributed by atoms with Gasteiger partial charge in [0.1, 0.15) is 0 Å². The molecule has 0 spiro atoms. The second-order valence-corrected chi connectivity index (χ2v) is 15.0. The fourth-order valence-corrected chi connectivity index (χ4v) is 9.02. The van der Waals surface area contributed by atoms with Gasteiger partial charge in [-0.25, -0.2) is 0 Å². The minimum Gasteiger partial charge on any atom is -0.134 e. The molecule has 2 aromatic heterocycles. The van der Waals surface area contributed by atoms with Gasteiger partial charge < -0.3 is 0 Å². The minimum absolute atomic E-state index is 1.19. The van der Waals surface area contributed by atoms with Crippen LogP contribution in [0.3, 0.4) is 0 Å². The van der Waals surface area contributed by atoms with Gasteiger partial charge in [-0.3, -0.25) is 0 Å². The van der Waals surface area contributed by atoms with Gasteiger partial charge in [-0.2, -0.15) is 0 Å². The Labute approximate surface area is 295 Å². The Hall–Kier alpha value is -3.98. The first-order chi connectivity index (χ1) is 23.7. The second-order valence-electron chi connectivity index (χ2n) is 12.9. The van der Waals surface area contributed by atoms with E-state index in [-0.39, 0.29) is 0 Å². The molecule has 0 radical (unpaired) electrons. The fraction of sp³-hybridized carbons (Fsp3) is 0.261. The highest BCUT2D eigenvalue weighted by molar-refractivity contribution is 7.36. The van der Waals surface area contributed by atoms with E-state index >= 15 is 0 Å². The maximum atomic E-state index is 2.33. The number of thiophene rings is 2. The van der Waals surface area contributed by atoms with Crippen LogP contribution in [-0.2, 0) is 12.8 Å². The maximum absolute atomic E-state index is 2.33. The molecule has 2 heterocycles.